The van der Waals surface area contributed by atoms with Gasteiger partial charge in [-0.3, -0.25) is 5.32 Å². The minimum absolute atomic E-state index is 0.420. The Balaban J connectivity index is 2.50. The van der Waals surface area contributed by atoms with Crippen molar-refractivity contribution in [1.82, 2.24) is 5.32 Å². The van der Waals surface area contributed by atoms with Crippen LogP contribution in [-0.4, -0.2) is 38.5 Å². The number of nitrogens with one attached hydrogen (secondary N) is 1. The third-order valence-corrected chi connectivity index (χ3v) is 2.00. The number of hydrogen-bond acceptors (Lipinski definition) is 4. The predicted octanol–water partition coefficient (Wildman–Crippen LogP) is 0.295. The van der Waals surface area contributed by atoms with Gasteiger partial charge in [0.25, 0.3) is 0 Å². The Hall–Kier alpha value is -0.630. The van der Waals surface area contributed by atoms with Crippen LogP contribution in [0.25, 0.3) is 0 Å². The summed E-state index contributed by atoms with van der Waals surface area (Å²) in [6, 6.07) is 2.23. The van der Waals surface area contributed by atoms with Crippen molar-refractivity contribution in [2.24, 2.45) is 0 Å². The lowest BCUT2D eigenvalue weighted by molar-refractivity contribution is 0.103. The summed E-state index contributed by atoms with van der Waals surface area (Å²) in [6.07, 6.45) is 1.00. The van der Waals surface area contributed by atoms with Gasteiger partial charge in [-0.2, -0.15) is 5.26 Å². The molecule has 1 aliphatic heterocycles. The van der Waals surface area contributed by atoms with Crippen molar-refractivity contribution in [3.63, 3.8) is 0 Å². The van der Waals surface area contributed by atoms with Gasteiger partial charge in [0.15, 0.2) is 5.54 Å². The Morgan fingerprint density at radius 2 is 2.00 bits per heavy atom. The van der Waals surface area contributed by atoms with E-state index in [1.807, 2.05) is 0 Å². The fourth-order valence-electron chi connectivity index (χ4n) is 1.22. The van der Waals surface area contributed by atoms with E-state index in [9.17, 15) is 0 Å². The lowest BCUT2D eigenvalue weighted by atomic mass is 10.0. The summed E-state index contributed by atoms with van der Waals surface area (Å²) >= 11 is 0. The predicted molar refractivity (Wildman–Crippen MR) is 48.3 cm³/mol. The molecule has 1 saturated heterocycles. The molecule has 0 radical (unpaired) electrons. The highest BCUT2D eigenvalue weighted by atomic mass is 16.5. The number of nitriles is 1. The maximum Gasteiger partial charge on any atom is 0.153 e. The van der Waals surface area contributed by atoms with Gasteiger partial charge < -0.3 is 9.47 Å². The van der Waals surface area contributed by atoms with Crippen molar-refractivity contribution in [2.75, 3.05) is 33.0 Å². The fourth-order valence-corrected chi connectivity index (χ4v) is 1.22. The zero-order valence-corrected chi connectivity index (χ0v) is 8.01. The van der Waals surface area contributed by atoms with E-state index >= 15 is 0 Å². The SMILES string of the molecule is CCCNC1(C#N)COCCOC1. The van der Waals surface area contributed by atoms with Gasteiger partial charge in [0.05, 0.1) is 32.5 Å². The highest BCUT2D eigenvalue weighted by Crippen LogP contribution is 2.08. The molecule has 74 valence electrons. The van der Waals surface area contributed by atoms with Crippen LogP contribution in [0.3, 0.4) is 0 Å². The molecule has 0 aromatic rings. The highest BCUT2D eigenvalue weighted by molar-refractivity contribution is 5.08. The summed E-state index contributed by atoms with van der Waals surface area (Å²) in [6.45, 7) is 4.89. The molecule has 0 aromatic heterocycles. The largest absolute Gasteiger partial charge is 0.376 e. The lowest BCUT2D eigenvalue weighted by Gasteiger charge is -2.24. The molecule has 0 aromatic carbocycles. The van der Waals surface area contributed by atoms with Crippen LogP contribution in [0, 0.1) is 11.3 Å². The number of rotatable bonds is 3. The molecule has 1 N–H and O–H groups in total. The average molecular weight is 184 g/mol. The van der Waals surface area contributed by atoms with E-state index < -0.39 is 5.54 Å². The van der Waals surface area contributed by atoms with Gasteiger partial charge in [0.1, 0.15) is 0 Å². The van der Waals surface area contributed by atoms with E-state index in [0.717, 1.165) is 13.0 Å². The maximum atomic E-state index is 9.02. The number of ether oxygens (including phenoxy) is 2. The van der Waals surface area contributed by atoms with Gasteiger partial charge in [-0.15, -0.1) is 0 Å². The lowest BCUT2D eigenvalue weighted by Crippen LogP contribution is -2.51. The van der Waals surface area contributed by atoms with Crippen molar-refractivity contribution in [3.05, 3.63) is 0 Å². The molecule has 0 saturated carbocycles. The van der Waals surface area contributed by atoms with Crippen molar-refractivity contribution in [3.8, 4) is 6.07 Å². The molecular weight excluding hydrogens is 168 g/mol. The second-order valence-corrected chi connectivity index (χ2v) is 3.23. The molecule has 0 bridgehead atoms. The molecule has 0 atom stereocenters. The minimum atomic E-state index is -0.632. The van der Waals surface area contributed by atoms with Crippen molar-refractivity contribution >= 4 is 0 Å². The summed E-state index contributed by atoms with van der Waals surface area (Å²) in [5.41, 5.74) is -0.632. The minimum Gasteiger partial charge on any atom is -0.376 e. The van der Waals surface area contributed by atoms with Crippen molar-refractivity contribution in [1.29, 1.82) is 5.26 Å². The van der Waals surface area contributed by atoms with Gasteiger partial charge in [0.2, 0.25) is 0 Å². The Labute approximate surface area is 78.8 Å². The van der Waals surface area contributed by atoms with Crippen LogP contribution in [0.2, 0.25) is 0 Å². The van der Waals surface area contributed by atoms with Crippen LogP contribution >= 0.6 is 0 Å². The molecular formula is C9H16N2O2. The first-order valence-corrected chi connectivity index (χ1v) is 4.65. The summed E-state index contributed by atoms with van der Waals surface area (Å²) in [5.74, 6) is 0. The average Bonchev–Trinajstić information content (AvgIpc) is 2.41. The third-order valence-electron chi connectivity index (χ3n) is 2.00. The zero-order chi connectivity index (χ0) is 9.57. The van der Waals surface area contributed by atoms with Crippen LogP contribution in [0.5, 0.6) is 0 Å². The van der Waals surface area contributed by atoms with Crippen molar-refractivity contribution in [2.45, 2.75) is 18.9 Å². The molecule has 4 heteroatoms. The smallest absolute Gasteiger partial charge is 0.153 e. The van der Waals surface area contributed by atoms with E-state index in [0.29, 0.717) is 26.4 Å². The van der Waals surface area contributed by atoms with Gasteiger partial charge in [-0.25, -0.2) is 0 Å². The quantitative estimate of drug-likeness (QED) is 0.685. The molecule has 0 spiro atoms. The van der Waals surface area contributed by atoms with E-state index in [1.165, 1.54) is 0 Å². The number of hydrogen-bond donors (Lipinski definition) is 1. The van der Waals surface area contributed by atoms with Crippen LogP contribution in [0.4, 0.5) is 0 Å². The maximum absolute atomic E-state index is 9.02. The Morgan fingerprint density at radius 3 is 2.46 bits per heavy atom. The normalized spacial score (nSPS) is 21.8. The molecule has 1 fully saturated rings. The van der Waals surface area contributed by atoms with Gasteiger partial charge in [-0.05, 0) is 13.0 Å². The molecule has 13 heavy (non-hydrogen) atoms. The third kappa shape index (κ3) is 2.96. The van der Waals surface area contributed by atoms with Crippen LogP contribution < -0.4 is 5.32 Å². The van der Waals surface area contributed by atoms with E-state index in [1.54, 1.807) is 0 Å². The summed E-state index contributed by atoms with van der Waals surface area (Å²) in [4.78, 5) is 0. The second-order valence-electron chi connectivity index (χ2n) is 3.23. The van der Waals surface area contributed by atoms with Crippen LogP contribution in [0.1, 0.15) is 13.3 Å². The Bertz CT molecular complexity index is 181. The van der Waals surface area contributed by atoms with Gasteiger partial charge in [-0.1, -0.05) is 6.92 Å². The molecule has 1 rings (SSSR count). The molecule has 0 aliphatic carbocycles. The molecule has 0 amide bonds. The first kappa shape index (κ1) is 10.5. The first-order chi connectivity index (χ1) is 6.33. The van der Waals surface area contributed by atoms with Crippen molar-refractivity contribution < 1.29 is 9.47 Å². The molecule has 0 unspecified atom stereocenters. The highest BCUT2D eigenvalue weighted by Gasteiger charge is 2.31. The second kappa shape index (κ2) is 5.18. The summed E-state index contributed by atoms with van der Waals surface area (Å²) in [7, 11) is 0. The Morgan fingerprint density at radius 1 is 1.38 bits per heavy atom. The summed E-state index contributed by atoms with van der Waals surface area (Å²) < 4.78 is 10.6. The number of nitrogens with zero attached hydrogens (tertiary/aromatic N) is 1. The monoisotopic (exact) mass is 184 g/mol. The van der Waals surface area contributed by atoms with E-state index in [-0.39, 0.29) is 0 Å². The Kier molecular flexibility index (Phi) is 4.16. The van der Waals surface area contributed by atoms with Gasteiger partial charge in [0, 0.05) is 0 Å². The van der Waals surface area contributed by atoms with Gasteiger partial charge >= 0.3 is 0 Å². The van der Waals surface area contributed by atoms with Crippen LogP contribution in [-0.2, 0) is 9.47 Å². The summed E-state index contributed by atoms with van der Waals surface area (Å²) in [5, 5.41) is 12.2. The van der Waals surface area contributed by atoms with E-state index in [2.05, 4.69) is 18.3 Å². The molecule has 1 heterocycles. The fraction of sp³-hybridized carbons (Fsp3) is 0.889. The van der Waals surface area contributed by atoms with Crippen LogP contribution in [0.15, 0.2) is 0 Å². The zero-order valence-electron chi connectivity index (χ0n) is 8.01. The molecule has 1 aliphatic rings. The van der Waals surface area contributed by atoms with E-state index in [4.69, 9.17) is 14.7 Å². The standard InChI is InChI=1S/C9H16N2O2/c1-2-3-11-9(6-10)7-12-4-5-13-8-9/h11H,2-5,7-8H2,1H3. The first-order valence-electron chi connectivity index (χ1n) is 4.65. The molecule has 4 nitrogen and oxygen atoms in total. The topological polar surface area (TPSA) is 54.3 Å².